The van der Waals surface area contributed by atoms with Crippen molar-refractivity contribution in [3.8, 4) is 5.75 Å². The van der Waals surface area contributed by atoms with Gasteiger partial charge >= 0.3 is 0 Å². The molecule has 3 rings (SSSR count). The summed E-state index contributed by atoms with van der Waals surface area (Å²) in [6.45, 7) is 5.05. The monoisotopic (exact) mass is 379 g/mol. The summed E-state index contributed by atoms with van der Waals surface area (Å²) >= 11 is 7.24. The fourth-order valence-corrected chi connectivity index (χ4v) is 3.85. The van der Waals surface area contributed by atoms with E-state index in [2.05, 4.69) is 15.6 Å². The quantitative estimate of drug-likeness (QED) is 0.773. The summed E-state index contributed by atoms with van der Waals surface area (Å²) in [4.78, 5) is 17.5. The Kier molecular flexibility index (Phi) is 6.29. The Labute approximate surface area is 156 Å². The molecule has 2 N–H and O–H groups in total. The van der Waals surface area contributed by atoms with Crippen LogP contribution in [0.25, 0.3) is 0 Å². The maximum atomic E-state index is 12.4. The summed E-state index contributed by atoms with van der Waals surface area (Å²) in [5, 5.41) is 7.81. The number of thiazole rings is 1. The molecule has 1 aromatic carbocycles. The number of benzene rings is 1. The minimum absolute atomic E-state index is 0.0429. The van der Waals surface area contributed by atoms with Crippen LogP contribution in [0, 0.1) is 12.8 Å². The van der Waals surface area contributed by atoms with E-state index in [4.69, 9.17) is 16.3 Å². The average molecular weight is 380 g/mol. The topological polar surface area (TPSA) is 63.2 Å². The van der Waals surface area contributed by atoms with Crippen molar-refractivity contribution in [2.75, 3.05) is 19.6 Å². The Morgan fingerprint density at radius 2 is 2.24 bits per heavy atom. The van der Waals surface area contributed by atoms with Gasteiger partial charge in [0.15, 0.2) is 0 Å². The maximum absolute atomic E-state index is 12.4. The molecule has 1 atom stereocenters. The Balaban J connectivity index is 1.50. The van der Waals surface area contributed by atoms with Crippen LogP contribution >= 0.6 is 22.9 Å². The van der Waals surface area contributed by atoms with Gasteiger partial charge in [-0.25, -0.2) is 4.98 Å². The Morgan fingerprint density at radius 1 is 1.44 bits per heavy atom. The molecular formula is C18H22ClN3O2S. The van der Waals surface area contributed by atoms with Gasteiger partial charge in [0.2, 0.25) is 0 Å². The Hall–Kier alpha value is -1.63. The lowest BCUT2D eigenvalue weighted by Crippen LogP contribution is -2.26. The van der Waals surface area contributed by atoms with Crippen LogP contribution in [-0.4, -0.2) is 30.5 Å². The minimum Gasteiger partial charge on any atom is -0.486 e. The van der Waals surface area contributed by atoms with E-state index in [1.807, 2.05) is 19.1 Å². The smallest absolute Gasteiger partial charge is 0.263 e. The summed E-state index contributed by atoms with van der Waals surface area (Å²) in [5.74, 6) is 1.36. The number of hydrogen-bond acceptors (Lipinski definition) is 5. The van der Waals surface area contributed by atoms with Gasteiger partial charge in [0, 0.05) is 11.6 Å². The van der Waals surface area contributed by atoms with Crippen LogP contribution in [0.2, 0.25) is 5.02 Å². The fourth-order valence-electron chi connectivity index (χ4n) is 2.83. The number of nitrogens with zero attached hydrogens (tertiary/aromatic N) is 1. The first-order valence-corrected chi connectivity index (χ1v) is 9.65. The van der Waals surface area contributed by atoms with Crippen LogP contribution in [0.15, 0.2) is 24.3 Å². The largest absolute Gasteiger partial charge is 0.486 e. The SMILES string of the molecule is Cc1nc(COc2ccc(Cl)cc2)sc1C(=O)NCCC1CCNC1. The first kappa shape index (κ1) is 18.2. The number of halogens is 1. The molecule has 0 bridgehead atoms. The Morgan fingerprint density at radius 3 is 2.96 bits per heavy atom. The molecule has 134 valence electrons. The molecule has 7 heteroatoms. The molecule has 0 aliphatic carbocycles. The van der Waals surface area contributed by atoms with Crippen molar-refractivity contribution in [1.29, 1.82) is 0 Å². The first-order chi connectivity index (χ1) is 12.1. The van der Waals surface area contributed by atoms with E-state index in [0.717, 1.165) is 36.0 Å². The molecule has 1 amide bonds. The van der Waals surface area contributed by atoms with Gasteiger partial charge in [-0.05, 0) is 63.0 Å². The van der Waals surface area contributed by atoms with Gasteiger partial charge in [0.25, 0.3) is 5.91 Å². The number of aryl methyl sites for hydroxylation is 1. The summed E-state index contributed by atoms with van der Waals surface area (Å²) in [7, 11) is 0. The molecule has 2 aromatic rings. The second-order valence-corrected chi connectivity index (χ2v) is 7.69. The first-order valence-electron chi connectivity index (χ1n) is 8.45. The van der Waals surface area contributed by atoms with E-state index in [1.165, 1.54) is 17.8 Å². The number of ether oxygens (including phenoxy) is 1. The lowest BCUT2D eigenvalue weighted by Gasteiger charge is -2.08. The normalized spacial score (nSPS) is 16.8. The molecule has 0 spiro atoms. The van der Waals surface area contributed by atoms with Gasteiger partial charge in [-0.3, -0.25) is 4.79 Å². The maximum Gasteiger partial charge on any atom is 0.263 e. The third kappa shape index (κ3) is 5.17. The molecule has 1 aliphatic heterocycles. The zero-order chi connectivity index (χ0) is 17.6. The molecule has 1 unspecified atom stereocenters. The van der Waals surface area contributed by atoms with Crippen LogP contribution in [0.1, 0.15) is 33.2 Å². The number of amides is 1. The van der Waals surface area contributed by atoms with E-state index in [1.54, 1.807) is 12.1 Å². The van der Waals surface area contributed by atoms with Crippen LogP contribution in [0.5, 0.6) is 5.75 Å². The van der Waals surface area contributed by atoms with Crippen molar-refractivity contribution in [3.63, 3.8) is 0 Å². The third-order valence-corrected chi connectivity index (χ3v) is 5.61. The average Bonchev–Trinajstić information content (AvgIpc) is 3.24. The van der Waals surface area contributed by atoms with Crippen molar-refractivity contribution in [2.24, 2.45) is 5.92 Å². The van der Waals surface area contributed by atoms with E-state index < -0.39 is 0 Å². The molecule has 1 aliphatic rings. The lowest BCUT2D eigenvalue weighted by atomic mass is 10.1. The molecular weight excluding hydrogens is 358 g/mol. The molecule has 0 saturated carbocycles. The van der Waals surface area contributed by atoms with Crippen LogP contribution in [0.3, 0.4) is 0 Å². The summed E-state index contributed by atoms with van der Waals surface area (Å²) in [5.41, 5.74) is 0.750. The predicted molar refractivity (Wildman–Crippen MR) is 101 cm³/mol. The van der Waals surface area contributed by atoms with E-state index in [0.29, 0.717) is 29.0 Å². The minimum atomic E-state index is -0.0429. The van der Waals surface area contributed by atoms with Crippen LogP contribution in [-0.2, 0) is 6.61 Å². The van der Waals surface area contributed by atoms with Crippen molar-refractivity contribution in [1.82, 2.24) is 15.6 Å². The summed E-state index contributed by atoms with van der Waals surface area (Å²) < 4.78 is 5.69. The number of carbonyl (C=O) groups is 1. The molecule has 0 radical (unpaired) electrons. The highest BCUT2D eigenvalue weighted by molar-refractivity contribution is 7.13. The van der Waals surface area contributed by atoms with Gasteiger partial charge in [0.1, 0.15) is 22.2 Å². The van der Waals surface area contributed by atoms with Crippen LogP contribution < -0.4 is 15.4 Å². The van der Waals surface area contributed by atoms with Crippen molar-refractivity contribution >= 4 is 28.8 Å². The molecule has 5 nitrogen and oxygen atoms in total. The van der Waals surface area contributed by atoms with Gasteiger partial charge in [-0.1, -0.05) is 11.6 Å². The van der Waals surface area contributed by atoms with Crippen LogP contribution in [0.4, 0.5) is 0 Å². The number of rotatable bonds is 7. The van der Waals surface area contributed by atoms with Gasteiger partial charge < -0.3 is 15.4 Å². The van der Waals surface area contributed by atoms with E-state index >= 15 is 0 Å². The van der Waals surface area contributed by atoms with Crippen molar-refractivity contribution in [3.05, 3.63) is 44.9 Å². The van der Waals surface area contributed by atoms with Gasteiger partial charge in [0.05, 0.1) is 5.69 Å². The van der Waals surface area contributed by atoms with Gasteiger partial charge in [-0.2, -0.15) is 0 Å². The molecule has 25 heavy (non-hydrogen) atoms. The molecule has 2 heterocycles. The number of aromatic nitrogens is 1. The highest BCUT2D eigenvalue weighted by Gasteiger charge is 2.17. The number of hydrogen-bond donors (Lipinski definition) is 2. The second-order valence-electron chi connectivity index (χ2n) is 6.17. The third-order valence-electron chi connectivity index (χ3n) is 4.22. The zero-order valence-electron chi connectivity index (χ0n) is 14.2. The second kappa shape index (κ2) is 8.65. The highest BCUT2D eigenvalue weighted by atomic mass is 35.5. The lowest BCUT2D eigenvalue weighted by molar-refractivity contribution is 0.0955. The van der Waals surface area contributed by atoms with Gasteiger partial charge in [-0.15, -0.1) is 11.3 Å². The number of carbonyl (C=O) groups excluding carboxylic acids is 1. The van der Waals surface area contributed by atoms with E-state index in [-0.39, 0.29) is 5.91 Å². The summed E-state index contributed by atoms with van der Waals surface area (Å²) in [6.07, 6.45) is 2.21. The molecule has 1 fully saturated rings. The van der Waals surface area contributed by atoms with E-state index in [9.17, 15) is 4.79 Å². The summed E-state index contributed by atoms with van der Waals surface area (Å²) in [6, 6.07) is 7.19. The molecule has 1 saturated heterocycles. The zero-order valence-corrected chi connectivity index (χ0v) is 15.8. The Bertz CT molecular complexity index is 712. The highest BCUT2D eigenvalue weighted by Crippen LogP contribution is 2.21. The fraction of sp³-hybridized carbons (Fsp3) is 0.444. The predicted octanol–water partition coefficient (Wildman–Crippen LogP) is 3.41. The number of nitrogens with one attached hydrogen (secondary N) is 2. The molecule has 1 aromatic heterocycles. The standard InChI is InChI=1S/C18H22ClN3O2S/c1-12-17(18(23)21-9-7-13-6-8-20-10-13)25-16(22-12)11-24-15-4-2-14(19)3-5-15/h2-5,13,20H,6-11H2,1H3,(H,21,23). The van der Waals surface area contributed by atoms with Crippen molar-refractivity contribution in [2.45, 2.75) is 26.4 Å². The van der Waals surface area contributed by atoms with Crippen molar-refractivity contribution < 1.29 is 9.53 Å².